The van der Waals surface area contributed by atoms with Crippen molar-refractivity contribution in [3.8, 4) is 0 Å². The zero-order valence-corrected chi connectivity index (χ0v) is 13.5. The Balaban J connectivity index is 2.27. The Bertz CT molecular complexity index is 466. The molecule has 1 aromatic rings. The molecule has 1 saturated heterocycles. The summed E-state index contributed by atoms with van der Waals surface area (Å²) in [5.74, 6) is -0.121. The van der Waals surface area contributed by atoms with Crippen LogP contribution in [0.3, 0.4) is 0 Å². The number of rotatable bonds is 5. The fourth-order valence-electron chi connectivity index (χ4n) is 2.56. The zero-order chi connectivity index (χ0) is 14.7. The summed E-state index contributed by atoms with van der Waals surface area (Å²) in [5.41, 5.74) is 1.77. The third-order valence-electron chi connectivity index (χ3n) is 3.85. The number of hydrogen-bond acceptors (Lipinski definition) is 3. The molecule has 1 aliphatic heterocycles. The standard InChI is InChI=1S/C16H24FNOS/c1-5-18-11(3)13-9-14(17)10(2)8-16(13)20-15-6-7-19-12(15)4/h8-9,11-12,15,18H,5-7H2,1-4H3. The summed E-state index contributed by atoms with van der Waals surface area (Å²) < 4.78 is 19.5. The van der Waals surface area contributed by atoms with Gasteiger partial charge in [-0.3, -0.25) is 0 Å². The molecule has 0 radical (unpaired) electrons. The molecule has 1 fully saturated rings. The average Bonchev–Trinajstić information content (AvgIpc) is 2.79. The van der Waals surface area contributed by atoms with Crippen LogP contribution in [-0.2, 0) is 4.74 Å². The summed E-state index contributed by atoms with van der Waals surface area (Å²) >= 11 is 1.83. The molecule has 1 aliphatic rings. The first-order valence-electron chi connectivity index (χ1n) is 7.34. The highest BCUT2D eigenvalue weighted by Crippen LogP contribution is 2.37. The molecule has 0 aliphatic carbocycles. The molecule has 0 bridgehead atoms. The number of ether oxygens (including phenoxy) is 1. The van der Waals surface area contributed by atoms with E-state index in [1.165, 1.54) is 4.90 Å². The van der Waals surface area contributed by atoms with Crippen molar-refractivity contribution in [2.24, 2.45) is 0 Å². The molecule has 0 saturated carbocycles. The van der Waals surface area contributed by atoms with Crippen LogP contribution in [0.1, 0.15) is 44.4 Å². The molecule has 4 heteroatoms. The molecule has 3 unspecified atom stereocenters. The van der Waals surface area contributed by atoms with Gasteiger partial charge in [-0.2, -0.15) is 0 Å². The second kappa shape index (κ2) is 6.92. The van der Waals surface area contributed by atoms with Gasteiger partial charge in [0.25, 0.3) is 0 Å². The number of benzene rings is 1. The molecule has 112 valence electrons. The minimum Gasteiger partial charge on any atom is -0.377 e. The van der Waals surface area contributed by atoms with Crippen LogP contribution in [0.15, 0.2) is 17.0 Å². The van der Waals surface area contributed by atoms with E-state index in [1.54, 1.807) is 6.07 Å². The fraction of sp³-hybridized carbons (Fsp3) is 0.625. The minimum absolute atomic E-state index is 0.121. The van der Waals surface area contributed by atoms with Gasteiger partial charge < -0.3 is 10.1 Å². The van der Waals surface area contributed by atoms with E-state index in [1.807, 2.05) is 24.8 Å². The van der Waals surface area contributed by atoms with Gasteiger partial charge in [0, 0.05) is 22.8 Å². The van der Waals surface area contributed by atoms with Crippen LogP contribution in [0.2, 0.25) is 0 Å². The maximum Gasteiger partial charge on any atom is 0.126 e. The SMILES string of the molecule is CCNC(C)c1cc(F)c(C)cc1SC1CCOC1C. The largest absolute Gasteiger partial charge is 0.377 e. The highest BCUT2D eigenvalue weighted by Gasteiger charge is 2.26. The molecule has 3 atom stereocenters. The first-order valence-corrected chi connectivity index (χ1v) is 8.22. The van der Waals surface area contributed by atoms with Crippen LogP contribution < -0.4 is 5.32 Å². The molecule has 0 amide bonds. The van der Waals surface area contributed by atoms with Crippen molar-refractivity contribution < 1.29 is 9.13 Å². The lowest BCUT2D eigenvalue weighted by molar-refractivity contribution is 0.127. The maximum atomic E-state index is 13.9. The van der Waals surface area contributed by atoms with E-state index in [0.29, 0.717) is 10.8 Å². The van der Waals surface area contributed by atoms with E-state index in [4.69, 9.17) is 4.74 Å². The molecule has 1 heterocycles. The quantitative estimate of drug-likeness (QED) is 0.885. The van der Waals surface area contributed by atoms with E-state index in [9.17, 15) is 4.39 Å². The van der Waals surface area contributed by atoms with Gasteiger partial charge in [0.05, 0.1) is 6.10 Å². The van der Waals surface area contributed by atoms with E-state index < -0.39 is 0 Å². The van der Waals surface area contributed by atoms with Gasteiger partial charge in [0.1, 0.15) is 5.82 Å². The van der Waals surface area contributed by atoms with Gasteiger partial charge in [-0.1, -0.05) is 6.92 Å². The topological polar surface area (TPSA) is 21.3 Å². The van der Waals surface area contributed by atoms with Crippen molar-refractivity contribution in [2.45, 2.75) is 56.4 Å². The smallest absolute Gasteiger partial charge is 0.126 e. The number of aryl methyl sites for hydroxylation is 1. The summed E-state index contributed by atoms with van der Waals surface area (Å²) in [6.07, 6.45) is 1.34. The Morgan fingerprint density at radius 2 is 2.25 bits per heavy atom. The van der Waals surface area contributed by atoms with Crippen LogP contribution in [0.5, 0.6) is 0 Å². The Labute approximate surface area is 125 Å². The van der Waals surface area contributed by atoms with Gasteiger partial charge >= 0.3 is 0 Å². The number of thioether (sulfide) groups is 1. The number of hydrogen-bond donors (Lipinski definition) is 1. The van der Waals surface area contributed by atoms with E-state index in [2.05, 4.69) is 26.1 Å². The van der Waals surface area contributed by atoms with Crippen molar-refractivity contribution >= 4 is 11.8 Å². The number of halogens is 1. The lowest BCUT2D eigenvalue weighted by Crippen LogP contribution is -2.20. The first-order chi connectivity index (χ1) is 9.52. The summed E-state index contributed by atoms with van der Waals surface area (Å²) in [4.78, 5) is 1.18. The summed E-state index contributed by atoms with van der Waals surface area (Å²) in [6.45, 7) is 9.82. The Morgan fingerprint density at radius 1 is 1.50 bits per heavy atom. The van der Waals surface area contributed by atoms with E-state index in [-0.39, 0.29) is 18.0 Å². The van der Waals surface area contributed by atoms with Gasteiger partial charge in [-0.15, -0.1) is 11.8 Å². The van der Waals surface area contributed by atoms with Crippen LogP contribution in [0, 0.1) is 12.7 Å². The molecule has 2 rings (SSSR count). The summed E-state index contributed by atoms with van der Waals surface area (Å²) in [7, 11) is 0. The van der Waals surface area contributed by atoms with Crippen LogP contribution in [0.25, 0.3) is 0 Å². The molecular weight excluding hydrogens is 273 g/mol. The van der Waals surface area contributed by atoms with E-state index >= 15 is 0 Å². The van der Waals surface area contributed by atoms with Crippen molar-refractivity contribution in [3.63, 3.8) is 0 Å². The van der Waals surface area contributed by atoms with Gasteiger partial charge in [0.15, 0.2) is 0 Å². The summed E-state index contributed by atoms with van der Waals surface area (Å²) in [5, 5.41) is 3.84. The molecule has 1 aromatic carbocycles. The van der Waals surface area contributed by atoms with Gasteiger partial charge in [-0.05, 0) is 57.0 Å². The fourth-order valence-corrected chi connectivity index (χ4v) is 3.98. The lowest BCUT2D eigenvalue weighted by Gasteiger charge is -2.21. The lowest BCUT2D eigenvalue weighted by atomic mass is 10.1. The molecule has 0 aromatic heterocycles. The molecule has 1 N–H and O–H groups in total. The van der Waals surface area contributed by atoms with Crippen molar-refractivity contribution in [3.05, 3.63) is 29.1 Å². The molecule has 20 heavy (non-hydrogen) atoms. The predicted molar refractivity (Wildman–Crippen MR) is 82.9 cm³/mol. The molecular formula is C16H24FNOS. The minimum atomic E-state index is -0.121. The second-order valence-electron chi connectivity index (χ2n) is 5.44. The molecule has 0 spiro atoms. The highest BCUT2D eigenvalue weighted by molar-refractivity contribution is 8.00. The number of nitrogens with one attached hydrogen (secondary N) is 1. The Kier molecular flexibility index (Phi) is 5.47. The average molecular weight is 297 g/mol. The van der Waals surface area contributed by atoms with Gasteiger partial charge in [-0.25, -0.2) is 4.39 Å². The first kappa shape index (κ1) is 15.8. The third kappa shape index (κ3) is 3.54. The van der Waals surface area contributed by atoms with Crippen LogP contribution in [0.4, 0.5) is 4.39 Å². The maximum absolute atomic E-state index is 13.9. The predicted octanol–water partition coefficient (Wildman–Crippen LogP) is 4.07. The normalized spacial score (nSPS) is 24.1. The van der Waals surface area contributed by atoms with Crippen molar-refractivity contribution in [1.82, 2.24) is 5.32 Å². The third-order valence-corrected chi connectivity index (χ3v) is 5.38. The monoisotopic (exact) mass is 297 g/mol. The zero-order valence-electron chi connectivity index (χ0n) is 12.7. The van der Waals surface area contributed by atoms with Crippen LogP contribution >= 0.6 is 11.8 Å². The van der Waals surface area contributed by atoms with Crippen molar-refractivity contribution in [2.75, 3.05) is 13.2 Å². The summed E-state index contributed by atoms with van der Waals surface area (Å²) in [6, 6.07) is 3.83. The molecule has 2 nitrogen and oxygen atoms in total. The Morgan fingerprint density at radius 3 is 2.85 bits per heavy atom. The second-order valence-corrected chi connectivity index (χ2v) is 6.72. The highest BCUT2D eigenvalue weighted by atomic mass is 32.2. The van der Waals surface area contributed by atoms with Crippen molar-refractivity contribution in [1.29, 1.82) is 0 Å². The van der Waals surface area contributed by atoms with Gasteiger partial charge in [0.2, 0.25) is 0 Å². The Hall–Kier alpha value is -0.580. The van der Waals surface area contributed by atoms with E-state index in [0.717, 1.165) is 25.1 Å². The van der Waals surface area contributed by atoms with Crippen LogP contribution in [-0.4, -0.2) is 24.5 Å².